The van der Waals surface area contributed by atoms with Crippen molar-refractivity contribution in [1.82, 2.24) is 29.7 Å². The number of aryl methyl sites for hydroxylation is 1. The molecule has 0 saturated heterocycles. The molecule has 1 amide bonds. The van der Waals surface area contributed by atoms with Gasteiger partial charge in [0.25, 0.3) is 0 Å². The van der Waals surface area contributed by atoms with E-state index < -0.39 is 0 Å². The van der Waals surface area contributed by atoms with Crippen molar-refractivity contribution in [3.63, 3.8) is 0 Å². The van der Waals surface area contributed by atoms with Crippen LogP contribution in [-0.2, 0) is 10.5 Å². The topological polar surface area (TPSA) is 101 Å². The minimum Gasteiger partial charge on any atom is -0.327 e. The van der Waals surface area contributed by atoms with Crippen LogP contribution in [0.4, 0.5) is 5.13 Å². The minimum atomic E-state index is -0.152. The number of aromatic nitrogens is 6. The van der Waals surface area contributed by atoms with Crippen molar-refractivity contribution in [3.8, 4) is 5.95 Å². The van der Waals surface area contributed by atoms with Crippen molar-refractivity contribution in [1.29, 1.82) is 0 Å². The first-order chi connectivity index (χ1) is 10.6. The number of amides is 1. The molecule has 0 saturated carbocycles. The van der Waals surface area contributed by atoms with Crippen molar-refractivity contribution in [3.05, 3.63) is 30.1 Å². The second kappa shape index (κ2) is 6.28. The number of anilines is 1. The molecule has 0 bridgehead atoms. The third-order valence-corrected chi connectivity index (χ3v) is 4.73. The summed E-state index contributed by atoms with van der Waals surface area (Å²) < 4.78 is 2.61. The Balaban J connectivity index is 1.66. The van der Waals surface area contributed by atoms with Gasteiger partial charge in [-0.1, -0.05) is 23.1 Å². The van der Waals surface area contributed by atoms with E-state index in [0.717, 1.165) is 21.7 Å². The fourth-order valence-corrected chi connectivity index (χ4v) is 3.54. The van der Waals surface area contributed by atoms with Crippen LogP contribution < -0.4 is 5.32 Å². The highest BCUT2D eigenvalue weighted by Crippen LogP contribution is 2.28. The van der Waals surface area contributed by atoms with Crippen LogP contribution in [0.2, 0.25) is 0 Å². The van der Waals surface area contributed by atoms with Gasteiger partial charge in [-0.3, -0.25) is 9.36 Å². The third kappa shape index (κ3) is 3.34. The van der Waals surface area contributed by atoms with Crippen LogP contribution in [0.3, 0.4) is 0 Å². The number of nitrogens with zero attached hydrogens (tertiary/aromatic N) is 5. The molecule has 0 spiro atoms. The Kier molecular flexibility index (Phi) is 4.20. The van der Waals surface area contributed by atoms with Gasteiger partial charge in [0.1, 0.15) is 6.33 Å². The van der Waals surface area contributed by atoms with Crippen LogP contribution in [0.1, 0.15) is 18.3 Å². The molecule has 0 aromatic carbocycles. The quantitative estimate of drug-likeness (QED) is 0.546. The molecule has 0 radical (unpaired) electrons. The minimum absolute atomic E-state index is 0.152. The maximum atomic E-state index is 11.0. The molecule has 114 valence electrons. The predicted molar refractivity (Wildman–Crippen MR) is 84.2 cm³/mol. The Morgan fingerprint density at radius 1 is 1.50 bits per heavy atom. The summed E-state index contributed by atoms with van der Waals surface area (Å²) in [6.45, 7) is 3.42. The highest BCUT2D eigenvalue weighted by Gasteiger charge is 2.11. The summed E-state index contributed by atoms with van der Waals surface area (Å²) in [6.07, 6.45) is 5.23. The highest BCUT2D eigenvalue weighted by atomic mass is 32.2. The standard InChI is InChI=1S/C12H13N7OS2/c1-7-9(16-10(14-7)19-4-3-13-6-19)5-21-12-18-17-11(22-12)15-8(2)20/h3-4,6H,5H2,1-2H3,(H,14,16)(H,15,17,20). The predicted octanol–water partition coefficient (Wildman–Crippen LogP) is 2.01. The first kappa shape index (κ1) is 14.7. The molecular weight excluding hydrogens is 322 g/mol. The maximum absolute atomic E-state index is 11.0. The molecule has 0 aliphatic carbocycles. The van der Waals surface area contributed by atoms with E-state index in [0.29, 0.717) is 10.9 Å². The Bertz CT molecular complexity index is 777. The lowest BCUT2D eigenvalue weighted by Gasteiger charge is -1.95. The average molecular weight is 335 g/mol. The molecule has 3 aromatic rings. The first-order valence-corrected chi connectivity index (χ1v) is 8.19. The smallest absolute Gasteiger partial charge is 0.223 e. The fraction of sp³-hybridized carbons (Fsp3) is 0.250. The van der Waals surface area contributed by atoms with E-state index in [2.05, 4.69) is 30.5 Å². The van der Waals surface area contributed by atoms with Crippen LogP contribution in [0.15, 0.2) is 23.1 Å². The lowest BCUT2D eigenvalue weighted by molar-refractivity contribution is -0.114. The summed E-state index contributed by atoms with van der Waals surface area (Å²) in [6, 6.07) is 0. The lowest BCUT2D eigenvalue weighted by Crippen LogP contribution is -2.04. The largest absolute Gasteiger partial charge is 0.327 e. The van der Waals surface area contributed by atoms with Gasteiger partial charge in [0, 0.05) is 30.8 Å². The van der Waals surface area contributed by atoms with E-state index in [-0.39, 0.29) is 5.91 Å². The van der Waals surface area contributed by atoms with E-state index in [1.54, 1.807) is 12.5 Å². The zero-order chi connectivity index (χ0) is 15.5. The van der Waals surface area contributed by atoms with Crippen molar-refractivity contribution in [2.24, 2.45) is 0 Å². The number of carbonyl (C=O) groups is 1. The zero-order valence-electron chi connectivity index (χ0n) is 11.9. The number of H-pyrrole nitrogens is 1. The molecule has 0 atom stereocenters. The van der Waals surface area contributed by atoms with Gasteiger partial charge >= 0.3 is 0 Å². The van der Waals surface area contributed by atoms with Crippen molar-refractivity contribution in [2.75, 3.05) is 5.32 Å². The van der Waals surface area contributed by atoms with Crippen LogP contribution in [0.5, 0.6) is 0 Å². The fourth-order valence-electron chi connectivity index (χ4n) is 1.73. The van der Waals surface area contributed by atoms with E-state index in [9.17, 15) is 4.79 Å². The van der Waals surface area contributed by atoms with E-state index in [4.69, 9.17) is 0 Å². The van der Waals surface area contributed by atoms with Gasteiger partial charge in [-0.2, -0.15) is 0 Å². The molecule has 3 rings (SSSR count). The number of carbonyl (C=O) groups excluding carboxylic acids is 1. The van der Waals surface area contributed by atoms with E-state index in [1.807, 2.05) is 17.7 Å². The molecule has 10 heteroatoms. The molecule has 3 aromatic heterocycles. The second-order valence-electron chi connectivity index (χ2n) is 4.45. The number of nitrogens with one attached hydrogen (secondary N) is 2. The van der Waals surface area contributed by atoms with Crippen LogP contribution in [0.25, 0.3) is 5.95 Å². The van der Waals surface area contributed by atoms with Gasteiger partial charge in [0.15, 0.2) is 4.34 Å². The van der Waals surface area contributed by atoms with Crippen LogP contribution in [0, 0.1) is 6.92 Å². The Morgan fingerprint density at radius 3 is 3.09 bits per heavy atom. The molecule has 2 N–H and O–H groups in total. The summed E-state index contributed by atoms with van der Waals surface area (Å²) >= 11 is 2.88. The first-order valence-electron chi connectivity index (χ1n) is 6.39. The van der Waals surface area contributed by atoms with E-state index in [1.165, 1.54) is 30.0 Å². The number of rotatable bonds is 5. The van der Waals surface area contributed by atoms with Crippen LogP contribution in [-0.4, -0.2) is 35.6 Å². The summed E-state index contributed by atoms with van der Waals surface area (Å²) in [5, 5.41) is 11.1. The average Bonchev–Trinajstić information content (AvgIpc) is 3.16. The van der Waals surface area contributed by atoms with Crippen molar-refractivity contribution >= 4 is 34.1 Å². The summed E-state index contributed by atoms with van der Waals surface area (Å²) in [4.78, 5) is 22.7. The van der Waals surface area contributed by atoms with Gasteiger partial charge in [-0.15, -0.1) is 10.2 Å². The maximum Gasteiger partial charge on any atom is 0.223 e. The van der Waals surface area contributed by atoms with Gasteiger partial charge < -0.3 is 10.3 Å². The summed E-state index contributed by atoms with van der Waals surface area (Å²) in [5.41, 5.74) is 1.95. The molecular formula is C12H13N7OS2. The van der Waals surface area contributed by atoms with Crippen LogP contribution >= 0.6 is 23.1 Å². The third-order valence-electron chi connectivity index (χ3n) is 2.74. The normalized spacial score (nSPS) is 10.8. The monoisotopic (exact) mass is 335 g/mol. The summed E-state index contributed by atoms with van der Waals surface area (Å²) in [7, 11) is 0. The number of hydrogen-bond acceptors (Lipinski definition) is 7. The Morgan fingerprint density at radius 2 is 2.36 bits per heavy atom. The second-order valence-corrected chi connectivity index (χ2v) is 6.65. The molecule has 0 fully saturated rings. The van der Waals surface area contributed by atoms with Gasteiger partial charge in [-0.05, 0) is 6.92 Å². The number of imidazole rings is 2. The Hall–Kier alpha value is -2.20. The molecule has 8 nitrogen and oxygen atoms in total. The molecule has 0 aliphatic rings. The number of aromatic amines is 1. The molecule has 22 heavy (non-hydrogen) atoms. The van der Waals surface area contributed by atoms with Gasteiger partial charge in [-0.25, -0.2) is 9.97 Å². The SMILES string of the molecule is CC(=O)Nc1nnc(SCc2nc(-n3ccnc3)[nH]c2C)s1. The Labute approximate surface area is 134 Å². The number of thioether (sulfide) groups is 1. The molecule has 0 aliphatic heterocycles. The summed E-state index contributed by atoms with van der Waals surface area (Å²) in [5.74, 6) is 1.26. The molecule has 3 heterocycles. The highest BCUT2D eigenvalue weighted by molar-refractivity contribution is 8.00. The van der Waals surface area contributed by atoms with Crippen molar-refractivity contribution in [2.45, 2.75) is 23.9 Å². The van der Waals surface area contributed by atoms with E-state index >= 15 is 0 Å². The van der Waals surface area contributed by atoms with Gasteiger partial charge in [0.2, 0.25) is 17.0 Å². The molecule has 0 unspecified atom stereocenters. The number of hydrogen-bond donors (Lipinski definition) is 2. The zero-order valence-corrected chi connectivity index (χ0v) is 13.5. The lowest BCUT2D eigenvalue weighted by atomic mass is 10.4. The van der Waals surface area contributed by atoms with Gasteiger partial charge in [0.05, 0.1) is 5.69 Å². The van der Waals surface area contributed by atoms with Crippen molar-refractivity contribution < 1.29 is 4.79 Å².